The van der Waals surface area contributed by atoms with Gasteiger partial charge in [0.05, 0.1) is 0 Å². The van der Waals surface area contributed by atoms with Crippen molar-refractivity contribution in [2.75, 3.05) is 11.1 Å². The van der Waals surface area contributed by atoms with E-state index in [0.717, 1.165) is 11.1 Å². The number of nitrogens with one attached hydrogen (secondary N) is 2. The van der Waals surface area contributed by atoms with E-state index in [1.165, 1.54) is 0 Å². The number of rotatable bonds is 3. The normalized spacial score (nSPS) is 10.1. The summed E-state index contributed by atoms with van der Waals surface area (Å²) in [4.78, 5) is 11.8. The molecule has 20 heavy (non-hydrogen) atoms. The van der Waals surface area contributed by atoms with Crippen LogP contribution < -0.4 is 16.4 Å². The number of benzene rings is 2. The zero-order chi connectivity index (χ0) is 14.5. The number of urea groups is 1. The van der Waals surface area contributed by atoms with E-state index in [9.17, 15) is 4.79 Å². The molecule has 0 aliphatic rings. The van der Waals surface area contributed by atoms with Crippen molar-refractivity contribution < 1.29 is 4.79 Å². The smallest absolute Gasteiger partial charge is 0.319 e. The first kappa shape index (κ1) is 14.2. The van der Waals surface area contributed by atoms with Crippen LogP contribution in [-0.2, 0) is 6.54 Å². The Balaban J connectivity index is 1.93. The summed E-state index contributed by atoms with van der Waals surface area (Å²) in [5.74, 6) is 0. The van der Waals surface area contributed by atoms with E-state index in [1.807, 2.05) is 31.2 Å². The first-order chi connectivity index (χ1) is 9.56. The standard InChI is InChI=1S/C15H16ClN3O/c1-10-6-7-12(8-13(10)16)19-15(20)18-9-11-4-2-3-5-14(11)17/h2-8H,9,17H2,1H3,(H2,18,19,20). The lowest BCUT2D eigenvalue weighted by Gasteiger charge is -2.10. The highest BCUT2D eigenvalue weighted by atomic mass is 35.5. The molecule has 5 heteroatoms. The van der Waals surface area contributed by atoms with Crippen LogP contribution in [0.15, 0.2) is 42.5 Å². The van der Waals surface area contributed by atoms with Gasteiger partial charge in [0, 0.05) is 22.9 Å². The second-order valence-corrected chi connectivity index (χ2v) is 4.88. The van der Waals surface area contributed by atoms with Crippen LogP contribution in [0.1, 0.15) is 11.1 Å². The topological polar surface area (TPSA) is 67.2 Å². The number of carbonyl (C=O) groups is 1. The highest BCUT2D eigenvalue weighted by Gasteiger charge is 2.04. The lowest BCUT2D eigenvalue weighted by atomic mass is 10.2. The number of nitrogens with two attached hydrogens (primary N) is 1. The summed E-state index contributed by atoms with van der Waals surface area (Å²) in [6, 6.07) is 12.5. The summed E-state index contributed by atoms with van der Waals surface area (Å²) in [5.41, 5.74) is 8.96. The third kappa shape index (κ3) is 3.65. The molecule has 0 spiro atoms. The Bertz CT molecular complexity index is 628. The number of para-hydroxylation sites is 1. The fourth-order valence-corrected chi connectivity index (χ4v) is 1.90. The van der Waals surface area contributed by atoms with Crippen molar-refractivity contribution in [3.05, 3.63) is 58.6 Å². The van der Waals surface area contributed by atoms with E-state index in [2.05, 4.69) is 10.6 Å². The third-order valence-corrected chi connectivity index (χ3v) is 3.33. The molecular weight excluding hydrogens is 274 g/mol. The number of hydrogen-bond donors (Lipinski definition) is 3. The van der Waals surface area contributed by atoms with E-state index in [0.29, 0.717) is 22.9 Å². The Morgan fingerprint density at radius 3 is 2.70 bits per heavy atom. The molecule has 4 nitrogen and oxygen atoms in total. The predicted molar refractivity (Wildman–Crippen MR) is 82.9 cm³/mol. The molecule has 0 radical (unpaired) electrons. The highest BCUT2D eigenvalue weighted by Crippen LogP contribution is 2.19. The minimum atomic E-state index is -0.298. The van der Waals surface area contributed by atoms with Crippen LogP contribution in [0, 0.1) is 6.92 Å². The number of anilines is 2. The Kier molecular flexibility index (Phi) is 4.48. The molecule has 0 heterocycles. The average Bonchev–Trinajstić information content (AvgIpc) is 2.42. The van der Waals surface area contributed by atoms with Crippen molar-refractivity contribution >= 4 is 29.0 Å². The molecule has 2 rings (SSSR count). The predicted octanol–water partition coefficient (Wildman–Crippen LogP) is 3.55. The van der Waals surface area contributed by atoms with E-state index >= 15 is 0 Å². The Morgan fingerprint density at radius 2 is 2.00 bits per heavy atom. The molecule has 0 aromatic heterocycles. The van der Waals surface area contributed by atoms with Crippen molar-refractivity contribution in [1.29, 1.82) is 0 Å². The molecule has 0 saturated heterocycles. The molecule has 0 unspecified atom stereocenters. The molecule has 4 N–H and O–H groups in total. The maximum absolute atomic E-state index is 11.8. The maximum Gasteiger partial charge on any atom is 0.319 e. The van der Waals surface area contributed by atoms with Crippen molar-refractivity contribution in [3.63, 3.8) is 0 Å². The fourth-order valence-electron chi connectivity index (χ4n) is 1.72. The van der Waals surface area contributed by atoms with E-state index < -0.39 is 0 Å². The Morgan fingerprint density at radius 1 is 1.25 bits per heavy atom. The van der Waals surface area contributed by atoms with Gasteiger partial charge in [-0.2, -0.15) is 0 Å². The van der Waals surface area contributed by atoms with Crippen LogP contribution in [0.3, 0.4) is 0 Å². The molecule has 0 saturated carbocycles. The van der Waals surface area contributed by atoms with Gasteiger partial charge in [-0.15, -0.1) is 0 Å². The number of amides is 2. The van der Waals surface area contributed by atoms with Gasteiger partial charge in [0.25, 0.3) is 0 Å². The first-order valence-electron chi connectivity index (χ1n) is 6.20. The van der Waals surface area contributed by atoms with E-state index in [-0.39, 0.29) is 6.03 Å². The van der Waals surface area contributed by atoms with Crippen LogP contribution in [0.5, 0.6) is 0 Å². The third-order valence-electron chi connectivity index (χ3n) is 2.92. The van der Waals surface area contributed by atoms with Gasteiger partial charge < -0.3 is 16.4 Å². The number of carbonyl (C=O) groups excluding carboxylic acids is 1. The van der Waals surface area contributed by atoms with Gasteiger partial charge in [0.2, 0.25) is 0 Å². The minimum absolute atomic E-state index is 0.298. The van der Waals surface area contributed by atoms with Gasteiger partial charge in [-0.05, 0) is 36.2 Å². The van der Waals surface area contributed by atoms with Crippen molar-refractivity contribution in [2.45, 2.75) is 13.5 Å². The van der Waals surface area contributed by atoms with Gasteiger partial charge in [0.15, 0.2) is 0 Å². The molecule has 0 aliphatic heterocycles. The van der Waals surface area contributed by atoms with Crippen LogP contribution in [-0.4, -0.2) is 6.03 Å². The fraction of sp³-hybridized carbons (Fsp3) is 0.133. The maximum atomic E-state index is 11.8. The summed E-state index contributed by atoms with van der Waals surface area (Å²) in [6.45, 7) is 2.28. The van der Waals surface area contributed by atoms with Gasteiger partial charge in [-0.3, -0.25) is 0 Å². The van der Waals surface area contributed by atoms with Crippen LogP contribution in [0.25, 0.3) is 0 Å². The molecule has 0 fully saturated rings. The highest BCUT2D eigenvalue weighted by molar-refractivity contribution is 6.31. The molecule has 0 atom stereocenters. The van der Waals surface area contributed by atoms with Gasteiger partial charge in [0.1, 0.15) is 0 Å². The van der Waals surface area contributed by atoms with Crippen molar-refractivity contribution in [2.24, 2.45) is 0 Å². The molecule has 2 aromatic rings. The summed E-state index contributed by atoms with van der Waals surface area (Å²) >= 11 is 6.00. The second-order valence-electron chi connectivity index (χ2n) is 4.47. The van der Waals surface area contributed by atoms with E-state index in [4.69, 9.17) is 17.3 Å². The van der Waals surface area contributed by atoms with E-state index in [1.54, 1.807) is 18.2 Å². The Hall–Kier alpha value is -2.20. The van der Waals surface area contributed by atoms with Gasteiger partial charge in [-0.25, -0.2) is 4.79 Å². The zero-order valence-corrected chi connectivity index (χ0v) is 11.9. The first-order valence-corrected chi connectivity index (χ1v) is 6.58. The van der Waals surface area contributed by atoms with Crippen LogP contribution in [0.4, 0.5) is 16.2 Å². The SMILES string of the molecule is Cc1ccc(NC(=O)NCc2ccccc2N)cc1Cl. The summed E-state index contributed by atoms with van der Waals surface area (Å²) in [5, 5.41) is 6.09. The van der Waals surface area contributed by atoms with Crippen molar-refractivity contribution in [1.82, 2.24) is 5.32 Å². The number of nitrogen functional groups attached to an aromatic ring is 1. The largest absolute Gasteiger partial charge is 0.398 e. The quantitative estimate of drug-likeness (QED) is 0.756. The zero-order valence-electron chi connectivity index (χ0n) is 11.1. The molecule has 0 bridgehead atoms. The van der Waals surface area contributed by atoms with Gasteiger partial charge in [-0.1, -0.05) is 35.9 Å². The molecule has 2 amide bonds. The molecule has 2 aromatic carbocycles. The van der Waals surface area contributed by atoms with Crippen LogP contribution in [0.2, 0.25) is 5.02 Å². The molecule has 0 aliphatic carbocycles. The number of halogens is 1. The summed E-state index contributed by atoms with van der Waals surface area (Å²) < 4.78 is 0. The molecule has 104 valence electrons. The van der Waals surface area contributed by atoms with Crippen molar-refractivity contribution in [3.8, 4) is 0 Å². The summed E-state index contributed by atoms with van der Waals surface area (Å²) in [7, 11) is 0. The van der Waals surface area contributed by atoms with Gasteiger partial charge >= 0.3 is 6.03 Å². The summed E-state index contributed by atoms with van der Waals surface area (Å²) in [6.07, 6.45) is 0. The van der Waals surface area contributed by atoms with Crippen LogP contribution >= 0.6 is 11.6 Å². The Labute approximate surface area is 122 Å². The lowest BCUT2D eigenvalue weighted by Crippen LogP contribution is -2.28. The second kappa shape index (κ2) is 6.30. The lowest BCUT2D eigenvalue weighted by molar-refractivity contribution is 0.252. The minimum Gasteiger partial charge on any atom is -0.398 e. The number of hydrogen-bond acceptors (Lipinski definition) is 2. The molecular formula is C15H16ClN3O. The number of aryl methyl sites for hydroxylation is 1. The average molecular weight is 290 g/mol. The monoisotopic (exact) mass is 289 g/mol.